The van der Waals surface area contributed by atoms with Gasteiger partial charge >= 0.3 is 0 Å². The van der Waals surface area contributed by atoms with E-state index in [1.54, 1.807) is 30.3 Å². The highest BCUT2D eigenvalue weighted by Crippen LogP contribution is 2.29. The van der Waals surface area contributed by atoms with E-state index in [9.17, 15) is 8.42 Å². The summed E-state index contributed by atoms with van der Waals surface area (Å²) in [5.41, 5.74) is 1.04. The summed E-state index contributed by atoms with van der Waals surface area (Å²) in [6.45, 7) is 0.201. The Morgan fingerprint density at radius 1 is 1.18 bits per heavy atom. The van der Waals surface area contributed by atoms with E-state index in [0.29, 0.717) is 21.5 Å². The van der Waals surface area contributed by atoms with E-state index >= 15 is 0 Å². The first kappa shape index (κ1) is 15.0. The Balaban J connectivity index is 2.30. The minimum absolute atomic E-state index is 0.170. The van der Waals surface area contributed by atoms with Crippen molar-refractivity contribution in [1.29, 1.82) is 0 Å². The van der Waals surface area contributed by atoms with Crippen LogP contribution in [0.1, 0.15) is 5.56 Å². The van der Waals surface area contributed by atoms with Gasteiger partial charge in [-0.2, -0.15) is 17.6 Å². The molecule has 0 spiro atoms. The normalized spacial score (nSPS) is 11.9. The van der Waals surface area contributed by atoms with Crippen molar-refractivity contribution in [1.82, 2.24) is 9.19 Å². The lowest BCUT2D eigenvalue weighted by Gasteiger charge is -2.10. The topological polar surface area (TPSA) is 61.2 Å². The zero-order valence-electron chi connectivity index (χ0n) is 11.7. The smallest absolute Gasteiger partial charge is 0.283 e. The Hall–Kier alpha value is -1.89. The van der Waals surface area contributed by atoms with Gasteiger partial charge in [-0.15, -0.1) is 0 Å². The molecule has 0 saturated carbocycles. The summed E-state index contributed by atoms with van der Waals surface area (Å²) in [7, 11) is -2.26. The van der Waals surface area contributed by atoms with Gasteiger partial charge in [-0.25, -0.2) is 0 Å². The number of rotatable bonds is 4. The van der Waals surface area contributed by atoms with E-state index in [-0.39, 0.29) is 11.5 Å². The first-order valence-corrected chi connectivity index (χ1v) is 8.32. The van der Waals surface area contributed by atoms with Crippen molar-refractivity contribution in [2.24, 2.45) is 0 Å². The van der Waals surface area contributed by atoms with Gasteiger partial charge in [-0.05, 0) is 24.3 Å². The number of methoxy groups -OCH3 is 1. The van der Waals surface area contributed by atoms with E-state index in [0.717, 1.165) is 4.09 Å². The molecule has 5 nitrogen and oxygen atoms in total. The van der Waals surface area contributed by atoms with Crippen LogP contribution in [0.3, 0.4) is 0 Å². The highest BCUT2D eigenvalue weighted by atomic mass is 35.5. The Bertz CT molecular complexity index is 921. The van der Waals surface area contributed by atoms with Crippen LogP contribution >= 0.6 is 11.6 Å². The summed E-state index contributed by atoms with van der Waals surface area (Å²) in [4.78, 5) is 0.170. The van der Waals surface area contributed by atoms with E-state index in [2.05, 4.69) is 5.10 Å². The van der Waals surface area contributed by atoms with Crippen LogP contribution in [0.4, 0.5) is 0 Å². The molecule has 2 aromatic carbocycles. The number of hydrogen-bond donors (Lipinski definition) is 0. The summed E-state index contributed by atoms with van der Waals surface area (Å²) in [6.07, 6.45) is 1.51. The Morgan fingerprint density at radius 3 is 2.59 bits per heavy atom. The molecule has 114 valence electrons. The highest BCUT2D eigenvalue weighted by molar-refractivity contribution is 7.90. The Kier molecular flexibility index (Phi) is 3.90. The molecule has 0 fully saturated rings. The van der Waals surface area contributed by atoms with Gasteiger partial charge in [0.1, 0.15) is 0 Å². The molecule has 22 heavy (non-hydrogen) atoms. The van der Waals surface area contributed by atoms with Crippen molar-refractivity contribution < 1.29 is 13.2 Å². The molecule has 0 aliphatic heterocycles. The predicted octanol–water partition coefficient (Wildman–Crippen LogP) is 3.07. The van der Waals surface area contributed by atoms with Gasteiger partial charge in [-0.3, -0.25) is 0 Å². The fraction of sp³-hybridized carbons (Fsp3) is 0.133. The first-order valence-electron chi connectivity index (χ1n) is 6.50. The molecule has 0 aliphatic carbocycles. The monoisotopic (exact) mass is 336 g/mol. The standard InChI is InChI=1S/C15H13ClN2O3S/c1-21-10-13-14(16)8-7-11-9-17-18(15(11)13)22(19,20)12-5-3-2-4-6-12/h2-9H,10H2,1H3. The molecular formula is C15H13ClN2O3S. The molecule has 0 bridgehead atoms. The average molecular weight is 337 g/mol. The third kappa shape index (κ3) is 2.39. The van der Waals surface area contributed by atoms with Gasteiger partial charge in [0, 0.05) is 23.1 Å². The second-order valence-electron chi connectivity index (χ2n) is 4.70. The minimum atomic E-state index is -3.79. The maximum atomic E-state index is 12.8. The summed E-state index contributed by atoms with van der Waals surface area (Å²) >= 11 is 6.19. The SMILES string of the molecule is COCc1c(Cl)ccc2cnn(S(=O)(=O)c3ccccc3)c12. The van der Waals surface area contributed by atoms with E-state index in [1.807, 2.05) is 0 Å². The summed E-state index contributed by atoms with van der Waals surface area (Å²) in [6, 6.07) is 11.6. The van der Waals surface area contributed by atoms with Gasteiger partial charge < -0.3 is 4.74 Å². The molecule has 0 radical (unpaired) electrons. The van der Waals surface area contributed by atoms with Crippen molar-refractivity contribution in [3.8, 4) is 0 Å². The van der Waals surface area contributed by atoms with Crippen LogP contribution in [0, 0.1) is 0 Å². The van der Waals surface area contributed by atoms with Crippen molar-refractivity contribution in [2.75, 3.05) is 7.11 Å². The lowest BCUT2D eigenvalue weighted by atomic mass is 10.1. The molecule has 3 rings (SSSR count). The van der Waals surface area contributed by atoms with E-state index in [1.165, 1.54) is 25.4 Å². The Labute approximate surface area is 133 Å². The fourth-order valence-corrected chi connectivity index (χ4v) is 3.82. The first-order chi connectivity index (χ1) is 10.6. The van der Waals surface area contributed by atoms with Crippen LogP contribution < -0.4 is 0 Å². The molecule has 0 unspecified atom stereocenters. The van der Waals surface area contributed by atoms with Crippen molar-refractivity contribution in [2.45, 2.75) is 11.5 Å². The van der Waals surface area contributed by atoms with Crippen LogP contribution in [-0.4, -0.2) is 24.7 Å². The average Bonchev–Trinajstić information content (AvgIpc) is 2.96. The largest absolute Gasteiger partial charge is 0.380 e. The van der Waals surface area contributed by atoms with E-state index < -0.39 is 10.0 Å². The molecule has 0 amide bonds. The maximum Gasteiger partial charge on any atom is 0.283 e. The van der Waals surface area contributed by atoms with Gasteiger partial charge in [-0.1, -0.05) is 29.8 Å². The number of aromatic nitrogens is 2. The number of hydrogen-bond acceptors (Lipinski definition) is 4. The number of nitrogens with zero attached hydrogens (tertiary/aromatic N) is 2. The third-order valence-corrected chi connectivity index (χ3v) is 5.26. The van der Waals surface area contributed by atoms with Crippen LogP contribution in [0.15, 0.2) is 53.6 Å². The molecule has 7 heteroatoms. The highest BCUT2D eigenvalue weighted by Gasteiger charge is 2.22. The van der Waals surface area contributed by atoms with Gasteiger partial charge in [0.2, 0.25) is 0 Å². The van der Waals surface area contributed by atoms with Crippen LogP contribution in [-0.2, 0) is 21.4 Å². The molecule has 1 aromatic heterocycles. The van der Waals surface area contributed by atoms with E-state index in [4.69, 9.17) is 16.3 Å². The van der Waals surface area contributed by atoms with Gasteiger partial charge in [0.15, 0.2) is 0 Å². The lowest BCUT2D eigenvalue weighted by molar-refractivity contribution is 0.186. The summed E-state index contributed by atoms with van der Waals surface area (Å²) in [5.74, 6) is 0. The predicted molar refractivity (Wildman–Crippen MR) is 84.5 cm³/mol. The zero-order valence-corrected chi connectivity index (χ0v) is 13.3. The molecule has 3 aromatic rings. The Morgan fingerprint density at radius 2 is 1.91 bits per heavy atom. The van der Waals surface area contributed by atoms with Crippen molar-refractivity contribution in [3.63, 3.8) is 0 Å². The van der Waals surface area contributed by atoms with Crippen molar-refractivity contribution in [3.05, 3.63) is 59.2 Å². The quantitative estimate of drug-likeness (QED) is 0.734. The van der Waals surface area contributed by atoms with Gasteiger partial charge in [0.25, 0.3) is 10.0 Å². The van der Waals surface area contributed by atoms with Crippen LogP contribution in [0.5, 0.6) is 0 Å². The molecular weight excluding hydrogens is 324 g/mol. The second-order valence-corrected chi connectivity index (χ2v) is 6.88. The lowest BCUT2D eigenvalue weighted by Crippen LogP contribution is -2.15. The molecule has 0 N–H and O–H groups in total. The van der Waals surface area contributed by atoms with Gasteiger partial charge in [0.05, 0.1) is 23.2 Å². The van der Waals surface area contributed by atoms with Crippen LogP contribution in [0.25, 0.3) is 10.9 Å². The second kappa shape index (κ2) is 5.72. The van der Waals surface area contributed by atoms with Crippen LogP contribution in [0.2, 0.25) is 5.02 Å². The third-order valence-electron chi connectivity index (χ3n) is 3.31. The number of fused-ring (bicyclic) bond motifs is 1. The van der Waals surface area contributed by atoms with Crippen molar-refractivity contribution >= 4 is 32.5 Å². The molecule has 0 saturated heterocycles. The fourth-order valence-electron chi connectivity index (χ4n) is 2.29. The zero-order chi connectivity index (χ0) is 15.7. The number of benzene rings is 2. The maximum absolute atomic E-state index is 12.8. The summed E-state index contributed by atoms with van der Waals surface area (Å²) < 4.78 is 31.7. The molecule has 0 aliphatic rings. The minimum Gasteiger partial charge on any atom is -0.380 e. The molecule has 1 heterocycles. The number of ether oxygens (including phenoxy) is 1. The summed E-state index contributed by atoms with van der Waals surface area (Å²) in [5, 5.41) is 5.18. The molecule has 0 atom stereocenters. The number of halogens is 1.